The van der Waals surface area contributed by atoms with Crippen molar-refractivity contribution in [3.63, 3.8) is 0 Å². The van der Waals surface area contributed by atoms with Gasteiger partial charge < -0.3 is 16.0 Å². The van der Waals surface area contributed by atoms with Crippen LogP contribution in [-0.4, -0.2) is 33.1 Å². The Morgan fingerprint density at radius 2 is 1.87 bits per heavy atom. The Kier molecular flexibility index (Phi) is 4.88. The Morgan fingerprint density at radius 3 is 2.48 bits per heavy atom. The van der Waals surface area contributed by atoms with Gasteiger partial charge in [0.1, 0.15) is 5.82 Å². The van der Waals surface area contributed by atoms with E-state index in [4.69, 9.17) is 5.73 Å². The van der Waals surface area contributed by atoms with Crippen LogP contribution >= 0.6 is 0 Å². The molecule has 0 saturated carbocycles. The molecule has 1 atom stereocenters. The van der Waals surface area contributed by atoms with E-state index in [0.717, 1.165) is 12.1 Å². The number of fused-ring (bicyclic) bond motifs is 1. The van der Waals surface area contributed by atoms with Gasteiger partial charge in [-0.1, -0.05) is 0 Å². The van der Waals surface area contributed by atoms with Gasteiger partial charge in [-0.05, 0) is 43.3 Å². The molecule has 3 aromatic rings. The Bertz CT molecular complexity index is 1140. The fourth-order valence-electron chi connectivity index (χ4n) is 3.34. The lowest BCUT2D eigenvalue weighted by Gasteiger charge is -2.32. The van der Waals surface area contributed by atoms with Gasteiger partial charge in [-0.2, -0.15) is 18.3 Å². The number of nitrogen functional groups attached to an aromatic ring is 1. The zero-order valence-electron chi connectivity index (χ0n) is 16.2. The van der Waals surface area contributed by atoms with Gasteiger partial charge in [0.2, 0.25) is 0 Å². The predicted molar refractivity (Wildman–Crippen MR) is 107 cm³/mol. The van der Waals surface area contributed by atoms with E-state index in [9.17, 15) is 22.8 Å². The number of halogens is 3. The molecule has 0 spiro atoms. The molecule has 3 heterocycles. The van der Waals surface area contributed by atoms with Gasteiger partial charge in [0.05, 0.1) is 29.1 Å². The standard InChI is InChI=1S/C20H17F3N6O2/c1-11-10-28(14-5-3-13(4-6-14)20(21,22)23)19(31)17-15(9-26-29(11)17)27-18(30)12-2-7-16(24)25-8-12/h2-9,11H,10H2,1H3,(H2,24,25)(H,27,30)/t11-/m0/s1. The van der Waals surface area contributed by atoms with Gasteiger partial charge in [-0.3, -0.25) is 14.3 Å². The van der Waals surface area contributed by atoms with Crippen molar-refractivity contribution in [2.24, 2.45) is 0 Å². The molecule has 3 N–H and O–H groups in total. The number of anilines is 3. The average Bonchev–Trinajstić information content (AvgIpc) is 3.15. The summed E-state index contributed by atoms with van der Waals surface area (Å²) in [5, 5.41) is 6.83. The van der Waals surface area contributed by atoms with E-state index in [1.54, 1.807) is 0 Å². The Balaban J connectivity index is 1.62. The molecule has 31 heavy (non-hydrogen) atoms. The summed E-state index contributed by atoms with van der Waals surface area (Å²) in [5.41, 5.74) is 5.60. The monoisotopic (exact) mass is 430 g/mol. The van der Waals surface area contributed by atoms with Crippen molar-refractivity contribution in [3.8, 4) is 0 Å². The number of carbonyl (C=O) groups is 2. The lowest BCUT2D eigenvalue weighted by molar-refractivity contribution is -0.137. The molecule has 0 radical (unpaired) electrons. The molecular weight excluding hydrogens is 413 g/mol. The number of nitrogens with two attached hydrogens (primary N) is 1. The SMILES string of the molecule is C[C@H]1CN(c2ccc(C(F)(F)F)cc2)C(=O)c2c(NC(=O)c3ccc(N)nc3)cnn21. The van der Waals surface area contributed by atoms with E-state index >= 15 is 0 Å². The minimum atomic E-state index is -4.47. The molecule has 0 bridgehead atoms. The first-order valence-electron chi connectivity index (χ1n) is 9.24. The smallest absolute Gasteiger partial charge is 0.384 e. The molecule has 4 rings (SSSR count). The highest BCUT2D eigenvalue weighted by Crippen LogP contribution is 2.33. The number of hydrogen-bond donors (Lipinski definition) is 2. The highest BCUT2D eigenvalue weighted by molar-refractivity contribution is 6.13. The van der Waals surface area contributed by atoms with Gasteiger partial charge in [-0.15, -0.1) is 0 Å². The highest BCUT2D eigenvalue weighted by Gasteiger charge is 2.35. The number of alkyl halides is 3. The van der Waals surface area contributed by atoms with Crippen LogP contribution in [0.15, 0.2) is 48.8 Å². The van der Waals surface area contributed by atoms with Crippen LogP contribution < -0.4 is 16.0 Å². The van der Waals surface area contributed by atoms with Crippen LogP contribution in [0.4, 0.5) is 30.4 Å². The summed E-state index contributed by atoms with van der Waals surface area (Å²) in [4.78, 5) is 30.9. The molecule has 1 aromatic carbocycles. The second kappa shape index (κ2) is 7.42. The third-order valence-corrected chi connectivity index (χ3v) is 4.91. The first kappa shape index (κ1) is 20.4. The van der Waals surface area contributed by atoms with Gasteiger partial charge >= 0.3 is 6.18 Å². The highest BCUT2D eigenvalue weighted by atomic mass is 19.4. The number of aromatic nitrogens is 3. The van der Waals surface area contributed by atoms with E-state index in [2.05, 4.69) is 15.4 Å². The number of rotatable bonds is 3. The summed E-state index contributed by atoms with van der Waals surface area (Å²) < 4.78 is 40.0. The van der Waals surface area contributed by atoms with Gasteiger partial charge in [0.25, 0.3) is 11.8 Å². The molecule has 1 aliphatic heterocycles. The molecule has 0 fully saturated rings. The van der Waals surface area contributed by atoms with Crippen LogP contribution in [0.2, 0.25) is 0 Å². The number of nitrogens with one attached hydrogen (secondary N) is 1. The van der Waals surface area contributed by atoms with Crippen molar-refractivity contribution in [2.75, 3.05) is 22.5 Å². The fraction of sp³-hybridized carbons (Fsp3) is 0.200. The predicted octanol–water partition coefficient (Wildman–Crippen LogP) is 3.35. The largest absolute Gasteiger partial charge is 0.416 e. The summed E-state index contributed by atoms with van der Waals surface area (Å²) in [5.74, 6) is -0.729. The molecule has 0 saturated heterocycles. The molecule has 8 nitrogen and oxygen atoms in total. The molecule has 1 aliphatic rings. The zero-order valence-corrected chi connectivity index (χ0v) is 16.2. The summed E-state index contributed by atoms with van der Waals surface area (Å²) in [6, 6.07) is 7.05. The van der Waals surface area contributed by atoms with Crippen LogP contribution in [0.3, 0.4) is 0 Å². The molecule has 0 aliphatic carbocycles. The number of pyridine rings is 1. The van der Waals surface area contributed by atoms with Gasteiger partial charge in [0.15, 0.2) is 5.69 Å². The molecule has 0 unspecified atom stereocenters. The van der Waals surface area contributed by atoms with E-state index in [1.807, 2.05) is 6.92 Å². The number of amides is 2. The van der Waals surface area contributed by atoms with Crippen LogP contribution in [-0.2, 0) is 6.18 Å². The first-order chi connectivity index (χ1) is 14.6. The summed E-state index contributed by atoms with van der Waals surface area (Å²) in [7, 11) is 0. The first-order valence-corrected chi connectivity index (χ1v) is 9.24. The van der Waals surface area contributed by atoms with E-state index in [1.165, 1.54) is 46.2 Å². The summed E-state index contributed by atoms with van der Waals surface area (Å²) in [6.07, 6.45) is -1.80. The van der Waals surface area contributed by atoms with Crippen LogP contribution in [0.1, 0.15) is 39.4 Å². The lowest BCUT2D eigenvalue weighted by atomic mass is 10.1. The summed E-state index contributed by atoms with van der Waals surface area (Å²) >= 11 is 0. The van der Waals surface area contributed by atoms with Crippen molar-refractivity contribution >= 4 is 29.0 Å². The topological polar surface area (TPSA) is 106 Å². The average molecular weight is 430 g/mol. The molecule has 2 amide bonds. The molecular formula is C20H17F3N6O2. The number of nitrogens with zero attached hydrogens (tertiary/aromatic N) is 4. The van der Waals surface area contributed by atoms with Crippen LogP contribution in [0.25, 0.3) is 0 Å². The van der Waals surface area contributed by atoms with E-state index < -0.39 is 23.6 Å². The van der Waals surface area contributed by atoms with E-state index in [-0.39, 0.29) is 35.3 Å². The van der Waals surface area contributed by atoms with Crippen molar-refractivity contribution in [3.05, 3.63) is 65.6 Å². The zero-order chi connectivity index (χ0) is 22.3. The summed E-state index contributed by atoms with van der Waals surface area (Å²) in [6.45, 7) is 2.03. The molecule has 11 heteroatoms. The lowest BCUT2D eigenvalue weighted by Crippen LogP contribution is -2.43. The van der Waals surface area contributed by atoms with Crippen molar-refractivity contribution in [1.29, 1.82) is 0 Å². The third-order valence-electron chi connectivity index (χ3n) is 4.91. The molecule has 160 valence electrons. The second-order valence-corrected chi connectivity index (χ2v) is 7.09. The van der Waals surface area contributed by atoms with Crippen LogP contribution in [0, 0.1) is 0 Å². The number of carbonyl (C=O) groups excluding carboxylic acids is 2. The van der Waals surface area contributed by atoms with Crippen molar-refractivity contribution in [2.45, 2.75) is 19.1 Å². The minimum absolute atomic E-state index is 0.135. The Hall–Kier alpha value is -3.89. The Morgan fingerprint density at radius 1 is 1.16 bits per heavy atom. The van der Waals surface area contributed by atoms with Gasteiger partial charge in [-0.25, -0.2) is 4.98 Å². The number of benzene rings is 1. The minimum Gasteiger partial charge on any atom is -0.384 e. The van der Waals surface area contributed by atoms with E-state index in [0.29, 0.717) is 5.69 Å². The molecule has 2 aromatic heterocycles. The van der Waals surface area contributed by atoms with Gasteiger partial charge in [0, 0.05) is 18.4 Å². The van der Waals surface area contributed by atoms with Crippen LogP contribution in [0.5, 0.6) is 0 Å². The Labute approximate surface area is 174 Å². The van der Waals surface area contributed by atoms with Crippen molar-refractivity contribution in [1.82, 2.24) is 14.8 Å². The van der Waals surface area contributed by atoms with Crippen molar-refractivity contribution < 1.29 is 22.8 Å². The normalized spacial score (nSPS) is 16.2. The maximum Gasteiger partial charge on any atom is 0.416 e. The maximum atomic E-state index is 13.2. The number of hydrogen-bond acceptors (Lipinski definition) is 5. The second-order valence-electron chi connectivity index (χ2n) is 7.09. The third kappa shape index (κ3) is 3.81. The quantitative estimate of drug-likeness (QED) is 0.663. The maximum absolute atomic E-state index is 13.2. The fourth-order valence-corrected chi connectivity index (χ4v) is 3.34.